The summed E-state index contributed by atoms with van der Waals surface area (Å²) in [5, 5.41) is 1.62. The van der Waals surface area contributed by atoms with Crippen molar-refractivity contribution in [1.29, 1.82) is 0 Å². The average molecular weight is 449 g/mol. The highest BCUT2D eigenvalue weighted by molar-refractivity contribution is 7.92. The minimum Gasteiger partial charge on any atom is -0.497 e. The Bertz CT molecular complexity index is 1250. The third-order valence-electron chi connectivity index (χ3n) is 4.78. The highest BCUT2D eigenvalue weighted by Gasteiger charge is 2.22. The smallest absolute Gasteiger partial charge is 0.261 e. The first-order chi connectivity index (χ1) is 14.2. The van der Waals surface area contributed by atoms with Gasteiger partial charge in [-0.1, -0.05) is 26.0 Å². The molecule has 0 spiro atoms. The molecular formula is C21H24N2O5S2. The van der Waals surface area contributed by atoms with Crippen LogP contribution in [0.3, 0.4) is 0 Å². The van der Waals surface area contributed by atoms with Gasteiger partial charge in [-0.05, 0) is 59.3 Å². The fourth-order valence-corrected chi connectivity index (χ4v) is 5.67. The van der Waals surface area contributed by atoms with E-state index in [2.05, 4.69) is 4.72 Å². The fourth-order valence-electron chi connectivity index (χ4n) is 3.12. The van der Waals surface area contributed by atoms with Gasteiger partial charge in [-0.3, -0.25) is 4.72 Å². The molecule has 0 saturated carbocycles. The summed E-state index contributed by atoms with van der Waals surface area (Å²) < 4.78 is 59.7. The van der Waals surface area contributed by atoms with Crippen LogP contribution in [0.4, 0.5) is 5.69 Å². The van der Waals surface area contributed by atoms with Crippen molar-refractivity contribution in [2.24, 2.45) is 0 Å². The summed E-state index contributed by atoms with van der Waals surface area (Å²) in [5.41, 5.74) is 0.281. The number of benzene rings is 3. The maximum Gasteiger partial charge on any atom is 0.261 e. The Morgan fingerprint density at radius 3 is 1.97 bits per heavy atom. The van der Waals surface area contributed by atoms with Gasteiger partial charge in [-0.2, -0.15) is 4.31 Å². The zero-order chi connectivity index (χ0) is 21.9. The van der Waals surface area contributed by atoms with Gasteiger partial charge in [0.2, 0.25) is 10.0 Å². The van der Waals surface area contributed by atoms with Crippen LogP contribution in [0.15, 0.2) is 70.5 Å². The van der Waals surface area contributed by atoms with E-state index < -0.39 is 20.0 Å². The van der Waals surface area contributed by atoms with E-state index in [0.29, 0.717) is 18.8 Å². The Labute approximate surface area is 177 Å². The van der Waals surface area contributed by atoms with Crippen molar-refractivity contribution in [1.82, 2.24) is 4.31 Å². The van der Waals surface area contributed by atoms with Crippen molar-refractivity contribution in [2.45, 2.75) is 23.6 Å². The largest absolute Gasteiger partial charge is 0.497 e. The number of hydrogen-bond acceptors (Lipinski definition) is 5. The molecule has 3 rings (SSSR count). The summed E-state index contributed by atoms with van der Waals surface area (Å²) >= 11 is 0. The van der Waals surface area contributed by atoms with Gasteiger partial charge in [0.05, 0.1) is 16.9 Å². The molecule has 0 aromatic heterocycles. The summed E-state index contributed by atoms with van der Waals surface area (Å²) in [6.07, 6.45) is 0. The Morgan fingerprint density at radius 2 is 1.37 bits per heavy atom. The number of rotatable bonds is 8. The molecule has 3 aromatic carbocycles. The summed E-state index contributed by atoms with van der Waals surface area (Å²) in [6.45, 7) is 4.26. The molecule has 7 nitrogen and oxygen atoms in total. The SMILES string of the molecule is CCN(CC)S(=O)(=O)c1ccc(NS(=O)(=O)c2ccc3cc(OC)ccc3c2)cc1. The molecule has 0 unspecified atom stereocenters. The lowest BCUT2D eigenvalue weighted by atomic mass is 10.1. The van der Waals surface area contributed by atoms with Gasteiger partial charge in [-0.15, -0.1) is 0 Å². The molecule has 3 aromatic rings. The molecule has 0 fully saturated rings. The molecule has 160 valence electrons. The van der Waals surface area contributed by atoms with E-state index in [9.17, 15) is 16.8 Å². The van der Waals surface area contributed by atoms with E-state index in [1.807, 2.05) is 6.07 Å². The molecule has 0 aliphatic heterocycles. The van der Waals surface area contributed by atoms with Gasteiger partial charge in [0.25, 0.3) is 10.0 Å². The number of nitrogens with one attached hydrogen (secondary N) is 1. The van der Waals surface area contributed by atoms with Gasteiger partial charge >= 0.3 is 0 Å². The predicted molar refractivity (Wildman–Crippen MR) is 118 cm³/mol. The fraction of sp³-hybridized carbons (Fsp3) is 0.238. The van der Waals surface area contributed by atoms with Crippen LogP contribution in [0.5, 0.6) is 5.75 Å². The van der Waals surface area contributed by atoms with Crippen molar-refractivity contribution in [2.75, 3.05) is 24.9 Å². The van der Waals surface area contributed by atoms with Crippen molar-refractivity contribution in [3.63, 3.8) is 0 Å². The molecule has 1 N–H and O–H groups in total. The van der Waals surface area contributed by atoms with Crippen molar-refractivity contribution >= 4 is 36.5 Å². The molecule has 30 heavy (non-hydrogen) atoms. The first kappa shape index (κ1) is 22.1. The van der Waals surface area contributed by atoms with Crippen LogP contribution < -0.4 is 9.46 Å². The van der Waals surface area contributed by atoms with Crippen LogP contribution in [-0.4, -0.2) is 41.3 Å². The summed E-state index contributed by atoms with van der Waals surface area (Å²) in [4.78, 5) is 0.230. The maximum atomic E-state index is 12.8. The number of fused-ring (bicyclic) bond motifs is 1. The second-order valence-electron chi connectivity index (χ2n) is 6.59. The summed E-state index contributed by atoms with van der Waals surface area (Å²) in [6, 6.07) is 15.9. The zero-order valence-corrected chi connectivity index (χ0v) is 18.6. The van der Waals surface area contributed by atoms with Gasteiger partial charge in [0, 0.05) is 18.8 Å². The minimum atomic E-state index is -3.84. The normalized spacial score (nSPS) is 12.3. The molecule has 0 bridgehead atoms. The third kappa shape index (κ3) is 4.43. The average Bonchev–Trinajstić information content (AvgIpc) is 2.73. The summed E-state index contributed by atoms with van der Waals surface area (Å²) in [5.74, 6) is 0.691. The molecule has 0 radical (unpaired) electrons. The maximum absolute atomic E-state index is 12.8. The molecule has 0 amide bonds. The second kappa shape index (κ2) is 8.63. The number of hydrogen-bond donors (Lipinski definition) is 1. The second-order valence-corrected chi connectivity index (χ2v) is 10.2. The Hall–Kier alpha value is -2.62. The zero-order valence-electron chi connectivity index (χ0n) is 17.0. The van der Waals surface area contributed by atoms with Crippen molar-refractivity contribution in [3.05, 3.63) is 60.7 Å². The Morgan fingerprint density at radius 1 is 0.800 bits per heavy atom. The van der Waals surface area contributed by atoms with Gasteiger partial charge < -0.3 is 4.74 Å². The van der Waals surface area contributed by atoms with E-state index in [1.54, 1.807) is 45.2 Å². The topological polar surface area (TPSA) is 92.8 Å². The quantitative estimate of drug-likeness (QED) is 0.567. The molecule has 9 heteroatoms. The molecule has 0 aliphatic rings. The highest BCUT2D eigenvalue weighted by Crippen LogP contribution is 2.25. The van der Waals surface area contributed by atoms with E-state index in [-0.39, 0.29) is 15.5 Å². The molecule has 0 aliphatic carbocycles. The monoisotopic (exact) mass is 448 g/mol. The first-order valence-electron chi connectivity index (χ1n) is 9.42. The Balaban J connectivity index is 1.86. The number of anilines is 1. The van der Waals surface area contributed by atoms with Crippen LogP contribution in [0.2, 0.25) is 0 Å². The third-order valence-corrected chi connectivity index (χ3v) is 8.22. The van der Waals surface area contributed by atoms with Crippen molar-refractivity contribution in [3.8, 4) is 5.75 Å². The van der Waals surface area contributed by atoms with Gasteiger partial charge in [-0.25, -0.2) is 16.8 Å². The van der Waals surface area contributed by atoms with Crippen LogP contribution in [-0.2, 0) is 20.0 Å². The van der Waals surface area contributed by atoms with E-state index in [4.69, 9.17) is 4.74 Å². The molecule has 0 atom stereocenters. The van der Waals surface area contributed by atoms with Gasteiger partial charge in [0.1, 0.15) is 5.75 Å². The number of nitrogens with zero attached hydrogens (tertiary/aromatic N) is 1. The predicted octanol–water partition coefficient (Wildman–Crippen LogP) is 3.68. The van der Waals surface area contributed by atoms with E-state index in [1.165, 1.54) is 34.6 Å². The molecular weight excluding hydrogens is 424 g/mol. The number of ether oxygens (including phenoxy) is 1. The van der Waals surface area contributed by atoms with Crippen LogP contribution in [0.25, 0.3) is 10.8 Å². The lowest BCUT2D eigenvalue weighted by molar-refractivity contribution is 0.415. The lowest BCUT2D eigenvalue weighted by Gasteiger charge is -2.18. The molecule has 0 saturated heterocycles. The van der Waals surface area contributed by atoms with Crippen LogP contribution >= 0.6 is 0 Å². The van der Waals surface area contributed by atoms with E-state index >= 15 is 0 Å². The minimum absolute atomic E-state index is 0.111. The first-order valence-corrected chi connectivity index (χ1v) is 12.3. The van der Waals surface area contributed by atoms with Crippen LogP contribution in [0, 0.1) is 0 Å². The molecule has 0 heterocycles. The number of methoxy groups -OCH3 is 1. The van der Waals surface area contributed by atoms with E-state index in [0.717, 1.165) is 10.8 Å². The highest BCUT2D eigenvalue weighted by atomic mass is 32.2. The summed E-state index contributed by atoms with van der Waals surface area (Å²) in [7, 11) is -5.86. The lowest BCUT2D eigenvalue weighted by Crippen LogP contribution is -2.30. The van der Waals surface area contributed by atoms with Crippen LogP contribution in [0.1, 0.15) is 13.8 Å². The standard InChI is InChI=1S/C21H24N2O5S2/c1-4-23(5-2)30(26,27)20-12-8-18(9-13-20)22-29(24,25)21-11-7-16-14-19(28-3)10-6-17(16)15-21/h6-15,22H,4-5H2,1-3H3. The van der Waals surface area contributed by atoms with Gasteiger partial charge in [0.15, 0.2) is 0 Å². The Kier molecular flexibility index (Phi) is 6.35. The number of sulfonamides is 2. The van der Waals surface area contributed by atoms with Crippen molar-refractivity contribution < 1.29 is 21.6 Å².